The number of amides is 1. The van der Waals surface area contributed by atoms with Crippen LogP contribution in [0.4, 0.5) is 5.13 Å². The van der Waals surface area contributed by atoms with Crippen molar-refractivity contribution < 1.29 is 14.7 Å². The summed E-state index contributed by atoms with van der Waals surface area (Å²) in [4.78, 5) is 28.6. The summed E-state index contributed by atoms with van der Waals surface area (Å²) in [6.07, 6.45) is 5.11. The van der Waals surface area contributed by atoms with E-state index in [0.717, 1.165) is 35.1 Å². The van der Waals surface area contributed by atoms with Gasteiger partial charge in [0.2, 0.25) is 5.91 Å². The summed E-state index contributed by atoms with van der Waals surface area (Å²) in [6.45, 7) is 6.11. The molecule has 0 spiro atoms. The molecule has 1 amide bonds. The first kappa shape index (κ1) is 21.6. The van der Waals surface area contributed by atoms with E-state index in [4.69, 9.17) is 4.98 Å². The highest BCUT2D eigenvalue weighted by molar-refractivity contribution is 7.14. The minimum Gasteiger partial charge on any atom is -0.478 e. The van der Waals surface area contributed by atoms with Crippen molar-refractivity contribution in [1.82, 2.24) is 9.55 Å². The van der Waals surface area contributed by atoms with Crippen molar-refractivity contribution in [3.63, 3.8) is 0 Å². The highest BCUT2D eigenvalue weighted by atomic mass is 32.1. The molecule has 0 bridgehead atoms. The number of carboxylic acids is 1. The van der Waals surface area contributed by atoms with Crippen LogP contribution >= 0.6 is 11.3 Å². The Balaban J connectivity index is 1.77. The molecule has 1 aliphatic rings. The number of hydrogen-bond acceptors (Lipinski definition) is 4. The Bertz CT molecular complexity index is 1150. The van der Waals surface area contributed by atoms with E-state index in [1.54, 1.807) is 12.1 Å². The van der Waals surface area contributed by atoms with Crippen LogP contribution in [0.25, 0.3) is 22.3 Å². The van der Waals surface area contributed by atoms with Crippen LogP contribution in [0.15, 0.2) is 23.6 Å². The minimum atomic E-state index is -0.926. The lowest BCUT2D eigenvalue weighted by Crippen LogP contribution is -2.19. The normalized spacial score (nSPS) is 15.0. The average Bonchev–Trinajstić information content (AvgIpc) is 3.39. The summed E-state index contributed by atoms with van der Waals surface area (Å²) in [7, 11) is 1.97. The van der Waals surface area contributed by atoms with Gasteiger partial charge < -0.3 is 15.0 Å². The Labute approximate surface area is 186 Å². The fourth-order valence-electron chi connectivity index (χ4n) is 4.62. The number of aromatic nitrogens is 2. The van der Waals surface area contributed by atoms with E-state index in [9.17, 15) is 14.7 Å². The van der Waals surface area contributed by atoms with Gasteiger partial charge in [-0.2, -0.15) is 0 Å². The van der Waals surface area contributed by atoms with Crippen LogP contribution in [0.5, 0.6) is 0 Å². The molecule has 0 saturated heterocycles. The Kier molecular flexibility index (Phi) is 5.64. The zero-order valence-electron chi connectivity index (χ0n) is 18.5. The van der Waals surface area contributed by atoms with Gasteiger partial charge in [-0.1, -0.05) is 39.7 Å². The van der Waals surface area contributed by atoms with E-state index in [1.165, 1.54) is 29.7 Å². The smallest absolute Gasteiger partial charge is 0.335 e. The lowest BCUT2D eigenvalue weighted by atomic mass is 9.92. The Morgan fingerprint density at radius 1 is 1.26 bits per heavy atom. The molecule has 1 fully saturated rings. The molecular formula is C24H29N3O3S. The van der Waals surface area contributed by atoms with E-state index in [-0.39, 0.29) is 16.9 Å². The van der Waals surface area contributed by atoms with Crippen LogP contribution < -0.4 is 5.32 Å². The average molecular weight is 440 g/mol. The van der Waals surface area contributed by atoms with Crippen molar-refractivity contribution >= 4 is 39.2 Å². The molecule has 4 rings (SSSR count). The van der Waals surface area contributed by atoms with Crippen LogP contribution in [0.1, 0.15) is 74.7 Å². The Hall–Kier alpha value is -2.67. The summed E-state index contributed by atoms with van der Waals surface area (Å²) in [5.41, 5.74) is 4.21. The van der Waals surface area contributed by atoms with E-state index >= 15 is 0 Å². The second kappa shape index (κ2) is 8.11. The van der Waals surface area contributed by atoms with Crippen molar-refractivity contribution in [3.8, 4) is 11.4 Å². The molecule has 6 nitrogen and oxygen atoms in total. The SMILES string of the molecule is Cn1c(-c2csc(NC(=O)CC(C)(C)C)n2)c(C2CCCC2)c2ccc(C(=O)O)cc21. The highest BCUT2D eigenvalue weighted by Crippen LogP contribution is 2.45. The zero-order valence-corrected chi connectivity index (χ0v) is 19.3. The molecule has 164 valence electrons. The maximum absolute atomic E-state index is 12.4. The van der Waals surface area contributed by atoms with Crippen LogP contribution in [-0.2, 0) is 11.8 Å². The number of rotatable bonds is 5. The van der Waals surface area contributed by atoms with Gasteiger partial charge >= 0.3 is 5.97 Å². The number of hydrogen-bond donors (Lipinski definition) is 2. The van der Waals surface area contributed by atoms with E-state index < -0.39 is 5.97 Å². The summed E-state index contributed by atoms with van der Waals surface area (Å²) in [5.74, 6) is -0.521. The molecule has 2 heterocycles. The first-order valence-electron chi connectivity index (χ1n) is 10.8. The van der Waals surface area contributed by atoms with Crippen molar-refractivity contribution in [3.05, 3.63) is 34.7 Å². The number of nitrogens with zero attached hydrogens (tertiary/aromatic N) is 2. The second-order valence-electron chi connectivity index (χ2n) is 9.66. The van der Waals surface area contributed by atoms with Crippen molar-refractivity contribution in [2.24, 2.45) is 12.5 Å². The molecular weight excluding hydrogens is 410 g/mol. The van der Waals surface area contributed by atoms with Gasteiger partial charge in [-0.3, -0.25) is 4.79 Å². The quantitative estimate of drug-likeness (QED) is 0.508. The number of carbonyl (C=O) groups is 2. The molecule has 2 aromatic heterocycles. The van der Waals surface area contributed by atoms with Crippen LogP contribution in [0.2, 0.25) is 0 Å². The highest BCUT2D eigenvalue weighted by Gasteiger charge is 2.28. The van der Waals surface area contributed by atoms with Crippen LogP contribution in [-0.4, -0.2) is 26.5 Å². The maximum atomic E-state index is 12.4. The van der Waals surface area contributed by atoms with Gasteiger partial charge in [0, 0.05) is 29.8 Å². The summed E-state index contributed by atoms with van der Waals surface area (Å²) < 4.78 is 2.06. The number of nitrogens with one attached hydrogen (secondary N) is 1. The maximum Gasteiger partial charge on any atom is 0.335 e. The van der Waals surface area contributed by atoms with Crippen molar-refractivity contribution in [2.45, 2.75) is 58.8 Å². The number of aromatic carboxylic acids is 1. The molecule has 31 heavy (non-hydrogen) atoms. The molecule has 7 heteroatoms. The molecule has 0 aliphatic heterocycles. The lowest BCUT2D eigenvalue weighted by Gasteiger charge is -2.16. The first-order chi connectivity index (χ1) is 14.6. The largest absolute Gasteiger partial charge is 0.478 e. The summed E-state index contributed by atoms with van der Waals surface area (Å²) >= 11 is 1.43. The van der Waals surface area contributed by atoms with Crippen LogP contribution in [0.3, 0.4) is 0 Å². The number of aryl methyl sites for hydroxylation is 1. The van der Waals surface area contributed by atoms with Crippen molar-refractivity contribution in [1.29, 1.82) is 0 Å². The predicted molar refractivity (Wildman–Crippen MR) is 125 cm³/mol. The van der Waals surface area contributed by atoms with Crippen LogP contribution in [0, 0.1) is 5.41 Å². The lowest BCUT2D eigenvalue weighted by molar-refractivity contribution is -0.117. The molecule has 0 radical (unpaired) electrons. The van der Waals surface area contributed by atoms with E-state index in [0.29, 0.717) is 17.5 Å². The second-order valence-corrected chi connectivity index (χ2v) is 10.5. The summed E-state index contributed by atoms with van der Waals surface area (Å²) in [5, 5.41) is 16.1. The molecule has 0 atom stereocenters. The standard InChI is InChI=1S/C24H29N3O3S/c1-24(2,3)12-19(28)26-23-25-17(13-31-23)21-20(14-7-5-6-8-14)16-10-9-15(22(29)30)11-18(16)27(21)4/h9-11,13-14H,5-8,12H2,1-4H3,(H,29,30)(H,25,26,28). The third kappa shape index (κ3) is 4.37. The fraction of sp³-hybridized carbons (Fsp3) is 0.458. The van der Waals surface area contributed by atoms with E-state index in [2.05, 4.69) is 9.88 Å². The van der Waals surface area contributed by atoms with Gasteiger partial charge in [0.15, 0.2) is 5.13 Å². The van der Waals surface area contributed by atoms with Gasteiger partial charge in [-0.25, -0.2) is 9.78 Å². The van der Waals surface area contributed by atoms with Gasteiger partial charge in [0.25, 0.3) is 0 Å². The number of benzene rings is 1. The van der Waals surface area contributed by atoms with E-state index in [1.807, 2.05) is 39.3 Å². The molecule has 3 aromatic rings. The molecule has 2 N–H and O–H groups in total. The van der Waals surface area contributed by atoms with Gasteiger partial charge in [-0.05, 0) is 41.9 Å². The van der Waals surface area contributed by atoms with Gasteiger partial charge in [0.1, 0.15) is 5.69 Å². The number of carbonyl (C=O) groups excluding carboxylic acids is 1. The number of fused-ring (bicyclic) bond motifs is 1. The predicted octanol–water partition coefficient (Wildman–Crippen LogP) is 6.03. The third-order valence-electron chi connectivity index (χ3n) is 5.93. The summed E-state index contributed by atoms with van der Waals surface area (Å²) in [6, 6.07) is 5.37. The molecule has 1 aliphatic carbocycles. The molecule has 1 aromatic carbocycles. The Morgan fingerprint density at radius 3 is 2.61 bits per heavy atom. The number of anilines is 1. The minimum absolute atomic E-state index is 0.0347. The first-order valence-corrected chi connectivity index (χ1v) is 11.6. The fourth-order valence-corrected chi connectivity index (χ4v) is 5.33. The zero-order chi connectivity index (χ0) is 22.3. The molecule has 1 saturated carbocycles. The third-order valence-corrected chi connectivity index (χ3v) is 6.69. The van der Waals surface area contributed by atoms with Crippen molar-refractivity contribution in [2.75, 3.05) is 5.32 Å². The van der Waals surface area contributed by atoms with Gasteiger partial charge in [0.05, 0.1) is 11.3 Å². The van der Waals surface area contributed by atoms with Gasteiger partial charge in [-0.15, -0.1) is 11.3 Å². The molecule has 0 unspecified atom stereocenters. The monoisotopic (exact) mass is 439 g/mol. The Morgan fingerprint density at radius 2 is 1.97 bits per heavy atom. The topological polar surface area (TPSA) is 84.2 Å². The number of thiazole rings is 1. The number of carboxylic acid groups (broad SMARTS) is 1.